The van der Waals surface area contributed by atoms with Crippen LogP contribution in [0, 0.1) is 0 Å². The lowest BCUT2D eigenvalue weighted by Crippen LogP contribution is -2.40. The fourth-order valence-electron chi connectivity index (χ4n) is 2.02. The van der Waals surface area contributed by atoms with Gasteiger partial charge in [-0.2, -0.15) is 0 Å². The number of fused-ring (bicyclic) bond motifs is 1. The Labute approximate surface area is 103 Å². The lowest BCUT2D eigenvalue weighted by atomic mass is 10.0. The van der Waals surface area contributed by atoms with Gasteiger partial charge in [0.25, 0.3) is 0 Å². The summed E-state index contributed by atoms with van der Waals surface area (Å²) < 4.78 is 7.20. The van der Waals surface area contributed by atoms with Crippen LogP contribution >= 0.6 is 11.3 Å². The quantitative estimate of drug-likeness (QED) is 0.839. The van der Waals surface area contributed by atoms with Crippen LogP contribution in [0.3, 0.4) is 0 Å². The molecule has 0 aromatic carbocycles. The number of thiazole rings is 1. The van der Waals surface area contributed by atoms with Crippen LogP contribution in [-0.2, 0) is 11.3 Å². The first-order valence-corrected chi connectivity index (χ1v) is 6.55. The molecule has 2 aromatic rings. The van der Waals surface area contributed by atoms with Gasteiger partial charge in [0, 0.05) is 43.9 Å². The molecule has 5 nitrogen and oxygen atoms in total. The average molecular weight is 253 g/mol. The zero-order chi connectivity index (χ0) is 11.7. The molecule has 0 radical (unpaired) electrons. The van der Waals surface area contributed by atoms with Gasteiger partial charge in [-0.05, 0) is 0 Å². The van der Waals surface area contributed by atoms with Gasteiger partial charge in [0.15, 0.2) is 4.96 Å². The van der Waals surface area contributed by atoms with E-state index in [4.69, 9.17) is 4.74 Å². The van der Waals surface area contributed by atoms with E-state index in [0.29, 0.717) is 32.7 Å². The highest BCUT2D eigenvalue weighted by Crippen LogP contribution is 2.17. The Morgan fingerprint density at radius 1 is 1.65 bits per heavy atom. The monoisotopic (exact) mass is 253 g/mol. The second-order valence-electron chi connectivity index (χ2n) is 4.46. The number of hydrogen-bond acceptors (Lipinski definition) is 5. The molecule has 0 spiro atoms. The fourth-order valence-corrected chi connectivity index (χ4v) is 2.74. The molecule has 17 heavy (non-hydrogen) atoms. The van der Waals surface area contributed by atoms with Crippen LogP contribution in [0.5, 0.6) is 0 Å². The number of nitrogens with one attached hydrogen (secondary N) is 1. The zero-order valence-corrected chi connectivity index (χ0v) is 10.2. The fraction of sp³-hybridized carbons (Fsp3) is 0.545. The van der Waals surface area contributed by atoms with E-state index < -0.39 is 5.60 Å². The minimum atomic E-state index is -0.697. The molecule has 1 atom stereocenters. The normalized spacial score (nSPS) is 24.8. The van der Waals surface area contributed by atoms with Crippen LogP contribution in [0.15, 0.2) is 17.8 Å². The smallest absolute Gasteiger partial charge is 0.193 e. The Morgan fingerprint density at radius 2 is 2.59 bits per heavy atom. The van der Waals surface area contributed by atoms with Gasteiger partial charge >= 0.3 is 0 Å². The Hall–Kier alpha value is -0.950. The Kier molecular flexibility index (Phi) is 2.87. The molecule has 1 aliphatic heterocycles. The average Bonchev–Trinajstić information content (AvgIpc) is 2.93. The van der Waals surface area contributed by atoms with Crippen LogP contribution < -0.4 is 5.32 Å². The van der Waals surface area contributed by atoms with Gasteiger partial charge in [-0.1, -0.05) is 0 Å². The molecule has 6 heteroatoms. The van der Waals surface area contributed by atoms with Crippen molar-refractivity contribution in [2.75, 3.05) is 19.8 Å². The van der Waals surface area contributed by atoms with Crippen LogP contribution in [0.4, 0.5) is 0 Å². The van der Waals surface area contributed by atoms with E-state index in [1.165, 1.54) is 0 Å². The summed E-state index contributed by atoms with van der Waals surface area (Å²) in [6.45, 7) is 2.31. The molecule has 92 valence electrons. The molecule has 2 aromatic heterocycles. The third-order valence-corrected chi connectivity index (χ3v) is 3.76. The van der Waals surface area contributed by atoms with E-state index in [1.807, 2.05) is 22.2 Å². The summed E-state index contributed by atoms with van der Waals surface area (Å²) in [4.78, 5) is 5.47. The van der Waals surface area contributed by atoms with E-state index in [1.54, 1.807) is 11.3 Å². The summed E-state index contributed by atoms with van der Waals surface area (Å²) in [5.74, 6) is 0. The van der Waals surface area contributed by atoms with E-state index in [-0.39, 0.29) is 0 Å². The lowest BCUT2D eigenvalue weighted by molar-refractivity contribution is 0.0268. The van der Waals surface area contributed by atoms with Crippen molar-refractivity contribution in [1.29, 1.82) is 0 Å². The number of hydrogen-bond donors (Lipinski definition) is 2. The summed E-state index contributed by atoms with van der Waals surface area (Å²) in [6, 6.07) is 0. The maximum atomic E-state index is 10.1. The van der Waals surface area contributed by atoms with Crippen LogP contribution in [0.1, 0.15) is 12.1 Å². The molecule has 1 fully saturated rings. The van der Waals surface area contributed by atoms with Crippen molar-refractivity contribution in [3.05, 3.63) is 23.5 Å². The van der Waals surface area contributed by atoms with Gasteiger partial charge in [0.2, 0.25) is 0 Å². The van der Waals surface area contributed by atoms with Crippen molar-refractivity contribution in [3.63, 3.8) is 0 Å². The molecule has 0 amide bonds. The standard InChI is InChI=1S/C11H15N3O2S/c15-11(1-3-16-8-11)7-12-5-9-6-14-2-4-17-10(14)13-9/h2,4,6,12,15H,1,3,5,7-8H2. The summed E-state index contributed by atoms with van der Waals surface area (Å²) >= 11 is 1.62. The predicted octanol–water partition coefficient (Wildman–Crippen LogP) is 0.637. The summed E-state index contributed by atoms with van der Waals surface area (Å²) in [7, 11) is 0. The summed E-state index contributed by atoms with van der Waals surface area (Å²) in [5, 5.41) is 15.3. The molecular formula is C11H15N3O2S. The van der Waals surface area contributed by atoms with E-state index >= 15 is 0 Å². The number of nitrogens with zero attached hydrogens (tertiary/aromatic N) is 2. The molecule has 0 bridgehead atoms. The van der Waals surface area contributed by atoms with Crippen molar-refractivity contribution in [2.45, 2.75) is 18.6 Å². The van der Waals surface area contributed by atoms with Crippen molar-refractivity contribution in [1.82, 2.24) is 14.7 Å². The minimum absolute atomic E-state index is 0.429. The third kappa shape index (κ3) is 2.35. The Balaban J connectivity index is 1.55. The molecule has 0 saturated carbocycles. The molecule has 3 heterocycles. The van der Waals surface area contributed by atoms with Crippen molar-refractivity contribution in [3.8, 4) is 0 Å². The highest BCUT2D eigenvalue weighted by Gasteiger charge is 2.31. The predicted molar refractivity (Wildman–Crippen MR) is 65.2 cm³/mol. The van der Waals surface area contributed by atoms with Crippen molar-refractivity contribution in [2.24, 2.45) is 0 Å². The Bertz CT molecular complexity index is 473. The topological polar surface area (TPSA) is 58.8 Å². The first kappa shape index (κ1) is 11.2. The van der Waals surface area contributed by atoms with Crippen LogP contribution in [-0.4, -0.2) is 39.9 Å². The third-order valence-electron chi connectivity index (χ3n) is 2.99. The largest absolute Gasteiger partial charge is 0.386 e. The van der Waals surface area contributed by atoms with Gasteiger partial charge in [0.1, 0.15) is 5.60 Å². The highest BCUT2D eigenvalue weighted by molar-refractivity contribution is 7.15. The lowest BCUT2D eigenvalue weighted by Gasteiger charge is -2.20. The van der Waals surface area contributed by atoms with Gasteiger partial charge in [-0.3, -0.25) is 4.40 Å². The molecule has 1 saturated heterocycles. The van der Waals surface area contributed by atoms with Gasteiger partial charge < -0.3 is 15.2 Å². The molecule has 3 rings (SSSR count). The van der Waals surface area contributed by atoms with Gasteiger partial charge in [0.05, 0.1) is 12.3 Å². The van der Waals surface area contributed by atoms with E-state index in [2.05, 4.69) is 10.3 Å². The minimum Gasteiger partial charge on any atom is -0.386 e. The second kappa shape index (κ2) is 4.38. The maximum absolute atomic E-state index is 10.1. The number of aliphatic hydroxyl groups is 1. The maximum Gasteiger partial charge on any atom is 0.193 e. The molecule has 1 unspecified atom stereocenters. The number of imidazole rings is 1. The number of rotatable bonds is 4. The van der Waals surface area contributed by atoms with Gasteiger partial charge in [-0.15, -0.1) is 11.3 Å². The number of ether oxygens (including phenoxy) is 1. The molecular weight excluding hydrogens is 238 g/mol. The van der Waals surface area contributed by atoms with Crippen LogP contribution in [0.25, 0.3) is 4.96 Å². The first-order valence-electron chi connectivity index (χ1n) is 5.67. The highest BCUT2D eigenvalue weighted by atomic mass is 32.1. The van der Waals surface area contributed by atoms with Gasteiger partial charge in [-0.25, -0.2) is 4.98 Å². The number of aromatic nitrogens is 2. The molecule has 1 aliphatic rings. The Morgan fingerprint density at radius 3 is 3.35 bits per heavy atom. The molecule has 0 aliphatic carbocycles. The first-order chi connectivity index (χ1) is 8.25. The zero-order valence-electron chi connectivity index (χ0n) is 9.43. The summed E-state index contributed by atoms with van der Waals surface area (Å²) in [5.41, 5.74) is 0.302. The van der Waals surface area contributed by atoms with E-state index in [9.17, 15) is 5.11 Å². The van der Waals surface area contributed by atoms with Crippen LogP contribution in [0.2, 0.25) is 0 Å². The SMILES string of the molecule is OC1(CNCc2cn3ccsc3n2)CCOC1. The van der Waals surface area contributed by atoms with E-state index in [0.717, 1.165) is 10.7 Å². The van der Waals surface area contributed by atoms with Crippen molar-refractivity contribution >= 4 is 16.3 Å². The van der Waals surface area contributed by atoms with Crippen molar-refractivity contribution < 1.29 is 9.84 Å². The second-order valence-corrected chi connectivity index (χ2v) is 5.33. The molecule has 2 N–H and O–H groups in total. The summed E-state index contributed by atoms with van der Waals surface area (Å²) in [6.07, 6.45) is 4.71.